The highest BCUT2D eigenvalue weighted by atomic mass is 16.3. The quantitative estimate of drug-likeness (QED) is 0.770. The van der Waals surface area contributed by atoms with E-state index in [0.29, 0.717) is 5.92 Å². The first-order valence-electron chi connectivity index (χ1n) is 5.76. The van der Waals surface area contributed by atoms with Gasteiger partial charge < -0.3 is 10.0 Å². The van der Waals surface area contributed by atoms with Crippen molar-refractivity contribution in [3.8, 4) is 6.07 Å². The summed E-state index contributed by atoms with van der Waals surface area (Å²) in [6.07, 6.45) is 1.75. The van der Waals surface area contributed by atoms with Crippen molar-refractivity contribution in [1.29, 1.82) is 5.26 Å². The predicted molar refractivity (Wildman–Crippen MR) is 60.2 cm³/mol. The summed E-state index contributed by atoms with van der Waals surface area (Å²) in [6.45, 7) is 8.78. The molecule has 86 valence electrons. The molecule has 2 unspecified atom stereocenters. The predicted octanol–water partition coefficient (Wildman–Crippen LogP) is 1.63. The molecule has 15 heavy (non-hydrogen) atoms. The zero-order valence-electron chi connectivity index (χ0n) is 10.0. The zero-order valence-corrected chi connectivity index (χ0v) is 10.0. The van der Waals surface area contributed by atoms with E-state index in [2.05, 4.69) is 17.9 Å². The normalized spacial score (nSPS) is 28.7. The molecule has 0 amide bonds. The van der Waals surface area contributed by atoms with Crippen LogP contribution in [-0.2, 0) is 0 Å². The summed E-state index contributed by atoms with van der Waals surface area (Å²) in [4.78, 5) is 2.27. The topological polar surface area (TPSA) is 47.3 Å². The minimum Gasteiger partial charge on any atom is -0.392 e. The number of nitriles is 1. The molecule has 1 heterocycles. The van der Waals surface area contributed by atoms with Crippen molar-refractivity contribution in [1.82, 2.24) is 4.90 Å². The minimum absolute atomic E-state index is 0.191. The van der Waals surface area contributed by atoms with Crippen molar-refractivity contribution >= 4 is 0 Å². The SMILES string of the molecule is CC1CCN(CCC(C)(C)C#N)CC1O. The number of β-amino-alcohol motifs (C(OH)–C–C–N with tert-alkyl or cyclic N) is 1. The highest BCUT2D eigenvalue weighted by Gasteiger charge is 2.25. The number of piperidine rings is 1. The van der Waals surface area contributed by atoms with E-state index in [1.807, 2.05) is 13.8 Å². The van der Waals surface area contributed by atoms with Crippen LogP contribution < -0.4 is 0 Å². The Balaban J connectivity index is 2.32. The zero-order chi connectivity index (χ0) is 11.5. The van der Waals surface area contributed by atoms with Gasteiger partial charge in [-0.05, 0) is 45.7 Å². The van der Waals surface area contributed by atoms with E-state index in [1.54, 1.807) is 0 Å². The second-order valence-corrected chi connectivity index (χ2v) is 5.38. The minimum atomic E-state index is -0.242. The maximum atomic E-state index is 9.73. The molecule has 1 rings (SSSR count). The summed E-state index contributed by atoms with van der Waals surface area (Å²) in [5.41, 5.74) is -0.242. The molecule has 2 atom stereocenters. The van der Waals surface area contributed by atoms with Crippen LogP contribution in [0.25, 0.3) is 0 Å². The molecule has 0 saturated carbocycles. The molecule has 0 aromatic heterocycles. The van der Waals surface area contributed by atoms with Gasteiger partial charge in [-0.15, -0.1) is 0 Å². The van der Waals surface area contributed by atoms with Crippen LogP contribution in [0.15, 0.2) is 0 Å². The lowest BCUT2D eigenvalue weighted by atomic mass is 9.90. The molecule has 1 N–H and O–H groups in total. The Kier molecular flexibility index (Phi) is 4.12. The molecule has 0 aliphatic carbocycles. The van der Waals surface area contributed by atoms with Crippen molar-refractivity contribution < 1.29 is 5.11 Å². The average molecular weight is 210 g/mol. The first-order chi connectivity index (χ1) is 6.94. The maximum absolute atomic E-state index is 9.73. The highest BCUT2D eigenvalue weighted by molar-refractivity contribution is 4.92. The number of hydrogen-bond acceptors (Lipinski definition) is 3. The van der Waals surface area contributed by atoms with E-state index in [9.17, 15) is 5.11 Å². The Morgan fingerprint density at radius 3 is 2.73 bits per heavy atom. The number of nitrogens with zero attached hydrogens (tertiary/aromatic N) is 2. The summed E-state index contributed by atoms with van der Waals surface area (Å²) < 4.78 is 0. The Hall–Kier alpha value is -0.590. The van der Waals surface area contributed by atoms with Gasteiger partial charge in [0.1, 0.15) is 0 Å². The summed E-state index contributed by atoms with van der Waals surface area (Å²) in [6, 6.07) is 2.31. The van der Waals surface area contributed by atoms with Gasteiger partial charge in [0.05, 0.1) is 17.6 Å². The fraction of sp³-hybridized carbons (Fsp3) is 0.917. The summed E-state index contributed by atoms with van der Waals surface area (Å²) in [5, 5.41) is 18.6. The van der Waals surface area contributed by atoms with Crippen molar-refractivity contribution in [2.45, 2.75) is 39.7 Å². The first-order valence-corrected chi connectivity index (χ1v) is 5.76. The van der Waals surface area contributed by atoms with Gasteiger partial charge in [-0.1, -0.05) is 6.92 Å². The van der Waals surface area contributed by atoms with Gasteiger partial charge >= 0.3 is 0 Å². The summed E-state index contributed by atoms with van der Waals surface area (Å²) in [5.74, 6) is 0.422. The van der Waals surface area contributed by atoms with Crippen LogP contribution in [-0.4, -0.2) is 35.7 Å². The van der Waals surface area contributed by atoms with Crippen LogP contribution in [0.5, 0.6) is 0 Å². The lowest BCUT2D eigenvalue weighted by Crippen LogP contribution is -2.43. The van der Waals surface area contributed by atoms with Gasteiger partial charge in [-0.3, -0.25) is 0 Å². The number of aliphatic hydroxyl groups is 1. The van der Waals surface area contributed by atoms with E-state index in [4.69, 9.17) is 5.26 Å². The molecule has 0 radical (unpaired) electrons. The van der Waals surface area contributed by atoms with Crippen molar-refractivity contribution in [2.75, 3.05) is 19.6 Å². The average Bonchev–Trinajstić information content (AvgIpc) is 2.20. The van der Waals surface area contributed by atoms with E-state index < -0.39 is 0 Å². The molecular formula is C12H22N2O. The third kappa shape index (κ3) is 3.81. The van der Waals surface area contributed by atoms with Crippen LogP contribution in [0.2, 0.25) is 0 Å². The molecule has 0 bridgehead atoms. The molecular weight excluding hydrogens is 188 g/mol. The molecule has 1 saturated heterocycles. The van der Waals surface area contributed by atoms with Crippen LogP contribution in [0.4, 0.5) is 0 Å². The summed E-state index contributed by atoms with van der Waals surface area (Å²) >= 11 is 0. The Morgan fingerprint density at radius 1 is 1.53 bits per heavy atom. The number of rotatable bonds is 3. The van der Waals surface area contributed by atoms with Crippen molar-refractivity contribution in [3.05, 3.63) is 0 Å². The first kappa shape index (κ1) is 12.5. The number of aliphatic hydroxyl groups excluding tert-OH is 1. The smallest absolute Gasteiger partial charge is 0.0693 e. The van der Waals surface area contributed by atoms with Gasteiger partial charge in [0.15, 0.2) is 0 Å². The molecule has 0 aromatic carbocycles. The van der Waals surface area contributed by atoms with Crippen molar-refractivity contribution in [2.24, 2.45) is 11.3 Å². The summed E-state index contributed by atoms with van der Waals surface area (Å²) in [7, 11) is 0. The van der Waals surface area contributed by atoms with Crippen molar-refractivity contribution in [3.63, 3.8) is 0 Å². The Labute approximate surface area is 92.7 Å². The van der Waals surface area contributed by atoms with Gasteiger partial charge in [0.2, 0.25) is 0 Å². The standard InChI is InChI=1S/C12H22N2O/c1-10-4-6-14(8-11(10)15)7-5-12(2,3)9-13/h10-11,15H,4-8H2,1-3H3. The van der Waals surface area contributed by atoms with E-state index in [1.165, 1.54) is 0 Å². The van der Waals surface area contributed by atoms with Gasteiger partial charge in [0.25, 0.3) is 0 Å². The van der Waals surface area contributed by atoms with Gasteiger partial charge in [-0.2, -0.15) is 5.26 Å². The second kappa shape index (κ2) is 4.96. The molecule has 3 heteroatoms. The lowest BCUT2D eigenvalue weighted by molar-refractivity contribution is 0.0263. The fourth-order valence-electron chi connectivity index (χ4n) is 1.81. The fourth-order valence-corrected chi connectivity index (χ4v) is 1.81. The van der Waals surface area contributed by atoms with Crippen LogP contribution in [0.3, 0.4) is 0 Å². The van der Waals surface area contributed by atoms with Crippen LogP contribution in [0, 0.1) is 22.7 Å². The molecule has 1 aliphatic rings. The molecule has 1 fully saturated rings. The highest BCUT2D eigenvalue weighted by Crippen LogP contribution is 2.22. The molecule has 0 aromatic rings. The van der Waals surface area contributed by atoms with Gasteiger partial charge in [-0.25, -0.2) is 0 Å². The molecule has 0 spiro atoms. The third-order valence-electron chi connectivity index (χ3n) is 3.36. The van der Waals surface area contributed by atoms with Crippen LogP contribution in [0.1, 0.15) is 33.6 Å². The lowest BCUT2D eigenvalue weighted by Gasteiger charge is -2.35. The van der Waals surface area contributed by atoms with E-state index >= 15 is 0 Å². The monoisotopic (exact) mass is 210 g/mol. The number of likely N-dealkylation sites (tertiary alicyclic amines) is 1. The Bertz CT molecular complexity index is 244. The molecule has 3 nitrogen and oxygen atoms in total. The largest absolute Gasteiger partial charge is 0.392 e. The van der Waals surface area contributed by atoms with E-state index in [-0.39, 0.29) is 11.5 Å². The van der Waals surface area contributed by atoms with Crippen LogP contribution >= 0.6 is 0 Å². The third-order valence-corrected chi connectivity index (χ3v) is 3.36. The van der Waals surface area contributed by atoms with Gasteiger partial charge in [0, 0.05) is 6.54 Å². The van der Waals surface area contributed by atoms with E-state index in [0.717, 1.165) is 32.5 Å². The molecule has 1 aliphatic heterocycles. The second-order valence-electron chi connectivity index (χ2n) is 5.38. The maximum Gasteiger partial charge on any atom is 0.0693 e. The Morgan fingerprint density at radius 2 is 2.20 bits per heavy atom. The number of hydrogen-bond donors (Lipinski definition) is 1.